The van der Waals surface area contributed by atoms with E-state index in [0.717, 1.165) is 47.1 Å². The molecule has 0 radical (unpaired) electrons. The highest BCUT2D eigenvalue weighted by Crippen LogP contribution is 2.40. The lowest BCUT2D eigenvalue weighted by atomic mass is 10.1. The molecule has 3 aromatic rings. The van der Waals surface area contributed by atoms with E-state index in [4.69, 9.17) is 16.6 Å². The van der Waals surface area contributed by atoms with Crippen molar-refractivity contribution in [1.82, 2.24) is 25.8 Å². The summed E-state index contributed by atoms with van der Waals surface area (Å²) in [4.78, 5) is 18.6. The maximum atomic E-state index is 12.8. The summed E-state index contributed by atoms with van der Waals surface area (Å²) in [7, 11) is 0. The van der Waals surface area contributed by atoms with Crippen molar-refractivity contribution in [2.24, 2.45) is 4.99 Å². The first kappa shape index (κ1) is 19.3. The number of hydrogen-bond donors (Lipinski definition) is 2. The van der Waals surface area contributed by atoms with Gasteiger partial charge in [0, 0.05) is 34.1 Å². The predicted molar refractivity (Wildman–Crippen MR) is 117 cm³/mol. The lowest BCUT2D eigenvalue weighted by molar-refractivity contribution is 0.0750. The van der Waals surface area contributed by atoms with Gasteiger partial charge in [-0.25, -0.2) is 10.0 Å². The van der Waals surface area contributed by atoms with E-state index in [9.17, 15) is 4.79 Å². The van der Waals surface area contributed by atoms with Gasteiger partial charge in [0.25, 0.3) is 5.91 Å². The molecule has 0 spiro atoms. The average Bonchev–Trinajstić information content (AvgIpc) is 3.16. The van der Waals surface area contributed by atoms with Crippen LogP contribution in [0.2, 0.25) is 5.02 Å². The second-order valence-corrected chi connectivity index (χ2v) is 8.68. The van der Waals surface area contributed by atoms with Crippen molar-refractivity contribution >= 4 is 40.7 Å². The van der Waals surface area contributed by atoms with Crippen LogP contribution >= 0.6 is 23.4 Å². The zero-order chi connectivity index (χ0) is 20.5. The smallest absolute Gasteiger partial charge is 0.265 e. The second-order valence-electron chi connectivity index (χ2n) is 7.22. The van der Waals surface area contributed by atoms with Gasteiger partial charge in [-0.1, -0.05) is 41.9 Å². The van der Waals surface area contributed by atoms with Crippen LogP contribution < -0.4 is 5.43 Å². The fraction of sp³-hybridized carbons (Fsp3) is 0.238. The molecule has 3 heterocycles. The predicted octanol–water partition coefficient (Wildman–Crippen LogP) is 4.22. The van der Waals surface area contributed by atoms with Crippen LogP contribution in [0.4, 0.5) is 5.69 Å². The molecule has 1 aromatic heterocycles. The standard InChI is InChI=1S/C21H19ClN6OS/c22-15-7-4-13(5-8-15)18-19-21(25-27-24-19)30-17-9-6-14(12-16(17)23-18)20(29)26-28-10-2-1-3-11-28/h4-9,12H,1-3,10-11H2,(H,26,29)(H,24,25,27). The Morgan fingerprint density at radius 2 is 1.87 bits per heavy atom. The SMILES string of the molecule is O=C(NN1CCCCC1)c1ccc2c(c1)N=C(c1ccc(Cl)cc1)c1n[nH]nc1S2. The van der Waals surface area contributed by atoms with Gasteiger partial charge in [-0.05, 0) is 43.2 Å². The maximum Gasteiger partial charge on any atom is 0.265 e. The summed E-state index contributed by atoms with van der Waals surface area (Å²) in [6, 6.07) is 13.0. The van der Waals surface area contributed by atoms with Gasteiger partial charge in [0.1, 0.15) is 11.4 Å². The van der Waals surface area contributed by atoms with E-state index in [-0.39, 0.29) is 5.91 Å². The highest BCUT2D eigenvalue weighted by Gasteiger charge is 2.24. The Bertz CT molecular complexity index is 1120. The summed E-state index contributed by atoms with van der Waals surface area (Å²) in [6.07, 6.45) is 3.43. The van der Waals surface area contributed by atoms with Crippen molar-refractivity contribution < 1.29 is 4.79 Å². The van der Waals surface area contributed by atoms with Gasteiger partial charge in [-0.2, -0.15) is 10.3 Å². The summed E-state index contributed by atoms with van der Waals surface area (Å²) in [5.74, 6) is -0.117. The number of hydrogen-bond acceptors (Lipinski definition) is 6. The minimum Gasteiger partial charge on any atom is -0.285 e. The number of H-pyrrole nitrogens is 1. The molecule has 2 N–H and O–H groups in total. The second kappa shape index (κ2) is 8.22. The normalized spacial score (nSPS) is 16.2. The van der Waals surface area contributed by atoms with Crippen LogP contribution in [0.25, 0.3) is 0 Å². The lowest BCUT2D eigenvalue weighted by Crippen LogP contribution is -2.45. The third-order valence-corrected chi connectivity index (χ3v) is 6.43. The van der Waals surface area contributed by atoms with Crippen LogP contribution in [-0.2, 0) is 0 Å². The number of benzene rings is 2. The topological polar surface area (TPSA) is 86.3 Å². The molecule has 152 valence electrons. The van der Waals surface area contributed by atoms with Crippen molar-refractivity contribution in [2.45, 2.75) is 29.2 Å². The van der Waals surface area contributed by atoms with E-state index < -0.39 is 0 Å². The highest BCUT2D eigenvalue weighted by molar-refractivity contribution is 7.99. The first-order valence-corrected chi connectivity index (χ1v) is 11.0. The number of amides is 1. The van der Waals surface area contributed by atoms with Crippen molar-refractivity contribution in [3.8, 4) is 0 Å². The van der Waals surface area contributed by atoms with E-state index in [2.05, 4.69) is 20.8 Å². The number of aliphatic imine (C=N–C) groups is 1. The molecule has 0 unspecified atom stereocenters. The maximum absolute atomic E-state index is 12.8. The number of carbonyl (C=O) groups is 1. The van der Waals surface area contributed by atoms with Crippen LogP contribution in [-0.4, -0.2) is 45.1 Å². The van der Waals surface area contributed by atoms with Gasteiger partial charge in [0.2, 0.25) is 0 Å². The first-order valence-electron chi connectivity index (χ1n) is 9.81. The molecule has 2 aliphatic rings. The van der Waals surface area contributed by atoms with Crippen molar-refractivity contribution in [3.05, 3.63) is 64.3 Å². The molecular weight excluding hydrogens is 420 g/mol. The highest BCUT2D eigenvalue weighted by atomic mass is 35.5. The van der Waals surface area contributed by atoms with Gasteiger partial charge in [-0.15, -0.1) is 5.10 Å². The Morgan fingerprint density at radius 3 is 2.67 bits per heavy atom. The number of piperidine rings is 1. The number of hydrazine groups is 1. The molecule has 1 fully saturated rings. The monoisotopic (exact) mass is 438 g/mol. The zero-order valence-electron chi connectivity index (χ0n) is 16.1. The molecule has 1 amide bonds. The summed E-state index contributed by atoms with van der Waals surface area (Å²) >= 11 is 7.53. The Hall–Kier alpha value is -2.68. The number of halogens is 1. The van der Waals surface area contributed by atoms with Gasteiger partial charge in [0.15, 0.2) is 5.03 Å². The summed E-state index contributed by atoms with van der Waals surface area (Å²) in [6.45, 7) is 1.77. The third-order valence-electron chi connectivity index (χ3n) is 5.13. The number of aromatic amines is 1. The summed E-state index contributed by atoms with van der Waals surface area (Å²) < 4.78 is 0. The van der Waals surface area contributed by atoms with Crippen LogP contribution in [0.1, 0.15) is 40.9 Å². The Morgan fingerprint density at radius 1 is 1.07 bits per heavy atom. The van der Waals surface area contributed by atoms with E-state index in [1.165, 1.54) is 18.2 Å². The largest absolute Gasteiger partial charge is 0.285 e. The van der Waals surface area contributed by atoms with Crippen LogP contribution in [0.5, 0.6) is 0 Å². The molecule has 9 heteroatoms. The van der Waals surface area contributed by atoms with Crippen LogP contribution in [0.3, 0.4) is 0 Å². The van der Waals surface area contributed by atoms with Crippen molar-refractivity contribution in [1.29, 1.82) is 0 Å². The number of carbonyl (C=O) groups excluding carboxylic acids is 1. The van der Waals surface area contributed by atoms with Crippen molar-refractivity contribution in [2.75, 3.05) is 13.1 Å². The summed E-state index contributed by atoms with van der Waals surface area (Å²) in [5.41, 5.74) is 6.56. The van der Waals surface area contributed by atoms with E-state index in [1.807, 2.05) is 47.5 Å². The quantitative estimate of drug-likeness (QED) is 0.500. The van der Waals surface area contributed by atoms with E-state index in [1.54, 1.807) is 0 Å². The van der Waals surface area contributed by atoms with Gasteiger partial charge in [0.05, 0.1) is 5.69 Å². The summed E-state index contributed by atoms with van der Waals surface area (Å²) in [5, 5.41) is 14.7. The number of fused-ring (bicyclic) bond motifs is 2. The molecule has 0 saturated carbocycles. The van der Waals surface area contributed by atoms with Gasteiger partial charge >= 0.3 is 0 Å². The molecular formula is C21H19ClN6OS. The van der Waals surface area contributed by atoms with Crippen molar-refractivity contribution in [3.63, 3.8) is 0 Å². The molecule has 30 heavy (non-hydrogen) atoms. The molecule has 1 saturated heterocycles. The first-order chi connectivity index (χ1) is 14.7. The van der Waals surface area contributed by atoms with E-state index >= 15 is 0 Å². The third kappa shape index (κ3) is 3.86. The molecule has 2 aromatic carbocycles. The average molecular weight is 439 g/mol. The molecule has 0 aliphatic carbocycles. The Labute approximate surface area is 182 Å². The van der Waals surface area contributed by atoms with Crippen LogP contribution in [0.15, 0.2) is 57.4 Å². The lowest BCUT2D eigenvalue weighted by Gasteiger charge is -2.26. The minimum absolute atomic E-state index is 0.117. The molecule has 5 rings (SSSR count). The fourth-order valence-corrected chi connectivity index (χ4v) is 4.58. The Balaban J connectivity index is 1.51. The molecule has 0 atom stereocenters. The fourth-order valence-electron chi connectivity index (χ4n) is 3.58. The number of nitrogens with zero attached hydrogens (tertiary/aromatic N) is 4. The molecule has 7 nitrogen and oxygen atoms in total. The van der Waals surface area contributed by atoms with E-state index in [0.29, 0.717) is 22.0 Å². The minimum atomic E-state index is -0.117. The Kier molecular flexibility index (Phi) is 5.28. The zero-order valence-corrected chi connectivity index (χ0v) is 17.6. The number of rotatable bonds is 3. The van der Waals surface area contributed by atoms with Crippen LogP contribution in [0, 0.1) is 0 Å². The number of nitrogens with one attached hydrogen (secondary N) is 2. The number of aromatic nitrogens is 3. The van der Waals surface area contributed by atoms with Gasteiger partial charge in [-0.3, -0.25) is 10.2 Å². The molecule has 2 aliphatic heterocycles. The van der Waals surface area contributed by atoms with Gasteiger partial charge < -0.3 is 0 Å². The molecule has 0 bridgehead atoms.